The zero-order chi connectivity index (χ0) is 11.8. The van der Waals surface area contributed by atoms with Gasteiger partial charge in [-0.3, -0.25) is 0 Å². The summed E-state index contributed by atoms with van der Waals surface area (Å²) >= 11 is 0. The summed E-state index contributed by atoms with van der Waals surface area (Å²) in [5.74, 6) is 1.06. The Morgan fingerprint density at radius 3 is 2.88 bits per heavy atom. The minimum absolute atomic E-state index is 0.370. The Labute approximate surface area is 98.7 Å². The van der Waals surface area contributed by atoms with Gasteiger partial charge in [-0.05, 0) is 56.0 Å². The molecule has 0 aromatic heterocycles. The van der Waals surface area contributed by atoms with Crippen molar-refractivity contribution in [2.24, 2.45) is 5.92 Å². The maximum Gasteiger partial charge on any atom is 0.115 e. The molecule has 1 aromatic rings. The fraction of sp³-hybridized carbons (Fsp3) is 0.571. The van der Waals surface area contributed by atoms with Crippen LogP contribution in [0.3, 0.4) is 0 Å². The largest absolute Gasteiger partial charge is 0.508 e. The van der Waals surface area contributed by atoms with Crippen LogP contribution >= 0.6 is 0 Å². The van der Waals surface area contributed by atoms with Gasteiger partial charge in [-0.15, -0.1) is 0 Å². The first-order valence-electron chi connectivity index (χ1n) is 6.21. The van der Waals surface area contributed by atoms with Crippen molar-refractivity contribution in [2.45, 2.75) is 33.1 Å². The van der Waals surface area contributed by atoms with E-state index >= 15 is 0 Å². The second-order valence-corrected chi connectivity index (χ2v) is 4.52. The van der Waals surface area contributed by atoms with Gasteiger partial charge in [0.05, 0.1) is 0 Å². The van der Waals surface area contributed by atoms with Crippen molar-refractivity contribution in [3.8, 4) is 5.75 Å². The standard InChI is InChI=1S/C14H23NO/c1-3-9-15-11-12(2)7-8-13-5-4-6-14(16)10-13/h4-6,10,12,15-16H,3,7-9,11H2,1-2H3. The van der Waals surface area contributed by atoms with Crippen LogP contribution in [0, 0.1) is 5.92 Å². The minimum Gasteiger partial charge on any atom is -0.508 e. The third-order valence-corrected chi connectivity index (χ3v) is 2.76. The second-order valence-electron chi connectivity index (χ2n) is 4.52. The van der Waals surface area contributed by atoms with Gasteiger partial charge in [0.2, 0.25) is 0 Å². The number of hydrogen-bond acceptors (Lipinski definition) is 2. The first-order valence-corrected chi connectivity index (χ1v) is 6.21. The molecule has 0 aliphatic rings. The molecule has 0 fully saturated rings. The van der Waals surface area contributed by atoms with E-state index in [0.717, 1.165) is 19.5 Å². The van der Waals surface area contributed by atoms with E-state index in [1.54, 1.807) is 6.07 Å². The molecule has 1 atom stereocenters. The highest BCUT2D eigenvalue weighted by Gasteiger charge is 2.02. The molecule has 1 aromatic carbocycles. The maximum absolute atomic E-state index is 9.34. The number of phenolic OH excluding ortho intramolecular Hbond substituents is 1. The highest BCUT2D eigenvalue weighted by atomic mass is 16.3. The summed E-state index contributed by atoms with van der Waals surface area (Å²) < 4.78 is 0. The van der Waals surface area contributed by atoms with Crippen molar-refractivity contribution in [3.05, 3.63) is 29.8 Å². The van der Waals surface area contributed by atoms with Gasteiger partial charge in [-0.1, -0.05) is 26.0 Å². The lowest BCUT2D eigenvalue weighted by Crippen LogP contribution is -2.22. The molecule has 0 aliphatic carbocycles. The number of benzene rings is 1. The van der Waals surface area contributed by atoms with Crippen molar-refractivity contribution in [3.63, 3.8) is 0 Å². The van der Waals surface area contributed by atoms with Crippen LogP contribution in [0.2, 0.25) is 0 Å². The quantitative estimate of drug-likeness (QED) is 0.694. The molecule has 1 unspecified atom stereocenters. The lowest BCUT2D eigenvalue weighted by molar-refractivity contribution is 0.469. The summed E-state index contributed by atoms with van der Waals surface area (Å²) in [6.07, 6.45) is 3.41. The van der Waals surface area contributed by atoms with Gasteiger partial charge >= 0.3 is 0 Å². The van der Waals surface area contributed by atoms with Crippen LogP contribution in [-0.4, -0.2) is 18.2 Å². The summed E-state index contributed by atoms with van der Waals surface area (Å²) in [5, 5.41) is 12.8. The lowest BCUT2D eigenvalue weighted by atomic mass is 10.0. The molecule has 90 valence electrons. The number of aryl methyl sites for hydroxylation is 1. The molecule has 0 saturated carbocycles. The van der Waals surface area contributed by atoms with Crippen molar-refractivity contribution in [1.82, 2.24) is 5.32 Å². The third kappa shape index (κ3) is 5.17. The van der Waals surface area contributed by atoms with Gasteiger partial charge in [0.1, 0.15) is 5.75 Å². The molecular formula is C14H23NO. The molecule has 0 bridgehead atoms. The number of hydrogen-bond donors (Lipinski definition) is 2. The van der Waals surface area contributed by atoms with Crippen molar-refractivity contribution >= 4 is 0 Å². The minimum atomic E-state index is 0.370. The van der Waals surface area contributed by atoms with Gasteiger partial charge in [-0.2, -0.15) is 0 Å². The average Bonchev–Trinajstić information content (AvgIpc) is 2.27. The fourth-order valence-electron chi connectivity index (χ4n) is 1.75. The Kier molecular flexibility index (Phi) is 5.94. The monoisotopic (exact) mass is 221 g/mol. The first-order chi connectivity index (χ1) is 7.72. The summed E-state index contributed by atoms with van der Waals surface area (Å²) in [6, 6.07) is 7.55. The van der Waals surface area contributed by atoms with Crippen LogP contribution in [0.15, 0.2) is 24.3 Å². The smallest absolute Gasteiger partial charge is 0.115 e. The number of aromatic hydroxyl groups is 1. The average molecular weight is 221 g/mol. The zero-order valence-electron chi connectivity index (χ0n) is 10.4. The van der Waals surface area contributed by atoms with E-state index in [1.165, 1.54) is 18.4 Å². The van der Waals surface area contributed by atoms with Gasteiger partial charge in [0.15, 0.2) is 0 Å². The van der Waals surface area contributed by atoms with Crippen LogP contribution in [0.25, 0.3) is 0 Å². The molecule has 1 rings (SSSR count). The van der Waals surface area contributed by atoms with Crippen LogP contribution in [0.4, 0.5) is 0 Å². The van der Waals surface area contributed by atoms with Crippen molar-refractivity contribution < 1.29 is 5.11 Å². The predicted molar refractivity (Wildman–Crippen MR) is 68.8 cm³/mol. The molecule has 0 saturated heterocycles. The van der Waals surface area contributed by atoms with E-state index in [4.69, 9.17) is 0 Å². The highest BCUT2D eigenvalue weighted by Crippen LogP contribution is 2.14. The predicted octanol–water partition coefficient (Wildman–Crippen LogP) is 2.96. The SMILES string of the molecule is CCCNCC(C)CCc1cccc(O)c1. The summed E-state index contributed by atoms with van der Waals surface area (Å²) in [5.41, 5.74) is 1.22. The Morgan fingerprint density at radius 1 is 1.38 bits per heavy atom. The second kappa shape index (κ2) is 7.29. The lowest BCUT2D eigenvalue weighted by Gasteiger charge is -2.12. The molecule has 0 spiro atoms. The van der Waals surface area contributed by atoms with Gasteiger partial charge in [0, 0.05) is 0 Å². The van der Waals surface area contributed by atoms with Crippen LogP contribution in [-0.2, 0) is 6.42 Å². The van der Waals surface area contributed by atoms with Crippen LogP contribution < -0.4 is 5.32 Å². The normalized spacial score (nSPS) is 12.6. The molecule has 0 aliphatic heterocycles. The molecule has 16 heavy (non-hydrogen) atoms. The highest BCUT2D eigenvalue weighted by molar-refractivity contribution is 5.27. The van der Waals surface area contributed by atoms with Gasteiger partial charge in [0.25, 0.3) is 0 Å². The zero-order valence-corrected chi connectivity index (χ0v) is 10.4. The van der Waals surface area contributed by atoms with Crippen LogP contribution in [0.5, 0.6) is 5.75 Å². The molecule has 0 heterocycles. The summed E-state index contributed by atoms with van der Waals surface area (Å²) in [4.78, 5) is 0. The third-order valence-electron chi connectivity index (χ3n) is 2.76. The topological polar surface area (TPSA) is 32.3 Å². The van der Waals surface area contributed by atoms with Crippen molar-refractivity contribution in [2.75, 3.05) is 13.1 Å². The molecule has 2 N–H and O–H groups in total. The first kappa shape index (κ1) is 13.0. The molecular weight excluding hydrogens is 198 g/mol. The van der Waals surface area contributed by atoms with E-state index in [2.05, 4.69) is 25.2 Å². The summed E-state index contributed by atoms with van der Waals surface area (Å²) in [7, 11) is 0. The van der Waals surface area contributed by atoms with E-state index in [1.807, 2.05) is 12.1 Å². The van der Waals surface area contributed by atoms with Gasteiger partial charge < -0.3 is 10.4 Å². The van der Waals surface area contributed by atoms with E-state index in [0.29, 0.717) is 11.7 Å². The van der Waals surface area contributed by atoms with Crippen molar-refractivity contribution in [1.29, 1.82) is 0 Å². The maximum atomic E-state index is 9.34. The van der Waals surface area contributed by atoms with Crippen LogP contribution in [0.1, 0.15) is 32.3 Å². The van der Waals surface area contributed by atoms with Gasteiger partial charge in [-0.25, -0.2) is 0 Å². The molecule has 0 amide bonds. The van der Waals surface area contributed by atoms with E-state index in [-0.39, 0.29) is 0 Å². The Balaban J connectivity index is 2.23. The Hall–Kier alpha value is -1.02. The van der Waals surface area contributed by atoms with E-state index < -0.39 is 0 Å². The van der Waals surface area contributed by atoms with E-state index in [9.17, 15) is 5.11 Å². The molecule has 2 heteroatoms. The number of nitrogens with one attached hydrogen (secondary N) is 1. The number of phenols is 1. The molecule has 2 nitrogen and oxygen atoms in total. The fourth-order valence-corrected chi connectivity index (χ4v) is 1.75. The Bertz CT molecular complexity index is 299. The Morgan fingerprint density at radius 2 is 2.19 bits per heavy atom. The number of rotatable bonds is 7. The summed E-state index contributed by atoms with van der Waals surface area (Å²) in [6.45, 7) is 6.65. The molecule has 0 radical (unpaired) electrons.